The number of carbonyl (C=O) groups excluding carboxylic acids is 2. The first-order valence-electron chi connectivity index (χ1n) is 10.6. The highest BCUT2D eigenvalue weighted by Crippen LogP contribution is 2.53. The van der Waals surface area contributed by atoms with Crippen molar-refractivity contribution in [3.05, 3.63) is 0 Å². The van der Waals surface area contributed by atoms with E-state index in [9.17, 15) is 106 Å². The van der Waals surface area contributed by atoms with Crippen molar-refractivity contribution in [2.45, 2.75) is 67.4 Å². The standard InChI is InChI=1S/C18H12F22O7/c1-8(3-43-2,4-44-6(41)9(19,13(25,26)27)46-17(37,38)11(21,22)15(31,32)33)5-45-7(42)10(20,14(28,29)30)47-18(39,40)12(23,24)16(34,35)36/h3-5H2,1-2H3. The Labute approximate surface area is 242 Å². The highest BCUT2D eigenvalue weighted by Gasteiger charge is 2.81. The normalized spacial score (nSPS) is 18.6. The lowest BCUT2D eigenvalue weighted by Crippen LogP contribution is -2.62. The number of ether oxygens (including phenoxy) is 5. The zero-order valence-electron chi connectivity index (χ0n) is 21.8. The van der Waals surface area contributed by atoms with Crippen molar-refractivity contribution in [3.63, 3.8) is 0 Å². The Morgan fingerprint density at radius 3 is 0.894 bits per heavy atom. The van der Waals surface area contributed by atoms with Gasteiger partial charge in [-0.3, -0.25) is 9.47 Å². The third-order valence-electron chi connectivity index (χ3n) is 4.83. The summed E-state index contributed by atoms with van der Waals surface area (Å²) in [5, 5.41) is 0. The van der Waals surface area contributed by atoms with E-state index in [0.29, 0.717) is 7.11 Å². The fraction of sp³-hybridized carbons (Fsp3) is 0.889. The Kier molecular flexibility index (Phi) is 12.2. The SMILES string of the molecule is COCC(C)(COC(=O)C(F)(OC(F)(F)C(F)(F)C(F)(F)F)C(F)(F)F)COC(=O)C(F)(OC(F)(F)C(F)(F)C(F)(F)F)C(F)(F)F. The second kappa shape index (κ2) is 13.0. The van der Waals surface area contributed by atoms with Crippen LogP contribution in [-0.4, -0.2) is 99.3 Å². The summed E-state index contributed by atoms with van der Waals surface area (Å²) in [6.45, 7) is -5.67. The maximum Gasteiger partial charge on any atom is 0.462 e. The van der Waals surface area contributed by atoms with Crippen molar-refractivity contribution in [1.29, 1.82) is 0 Å². The third kappa shape index (κ3) is 8.85. The molecule has 0 saturated heterocycles. The minimum Gasteiger partial charge on any atom is -0.460 e. The number of esters is 2. The first-order valence-corrected chi connectivity index (χ1v) is 10.6. The minimum atomic E-state index is -7.65. The summed E-state index contributed by atoms with van der Waals surface area (Å²) >= 11 is 0. The quantitative estimate of drug-likeness (QED) is 0.143. The van der Waals surface area contributed by atoms with Crippen molar-refractivity contribution in [2.24, 2.45) is 5.41 Å². The molecule has 0 aromatic heterocycles. The molecule has 2 atom stereocenters. The molecule has 0 spiro atoms. The third-order valence-corrected chi connectivity index (χ3v) is 4.83. The molecular formula is C18H12F22O7. The van der Waals surface area contributed by atoms with E-state index in [2.05, 4.69) is 14.2 Å². The maximum atomic E-state index is 14.3. The Hall–Kier alpha value is -2.72. The maximum absolute atomic E-state index is 14.3. The van der Waals surface area contributed by atoms with Gasteiger partial charge in [-0.1, -0.05) is 6.92 Å². The van der Waals surface area contributed by atoms with Crippen molar-refractivity contribution in [2.75, 3.05) is 26.9 Å². The minimum absolute atomic E-state index is 0.249. The van der Waals surface area contributed by atoms with Crippen LogP contribution in [0.2, 0.25) is 0 Å². The topological polar surface area (TPSA) is 80.3 Å². The molecule has 0 aromatic carbocycles. The molecule has 0 rings (SSSR count). The van der Waals surface area contributed by atoms with Crippen LogP contribution in [-0.2, 0) is 33.3 Å². The zero-order valence-corrected chi connectivity index (χ0v) is 21.8. The van der Waals surface area contributed by atoms with Gasteiger partial charge in [-0.25, -0.2) is 9.59 Å². The van der Waals surface area contributed by atoms with E-state index in [1.165, 1.54) is 0 Å². The van der Waals surface area contributed by atoms with E-state index in [1.54, 1.807) is 0 Å². The molecule has 0 aliphatic rings. The van der Waals surface area contributed by atoms with Gasteiger partial charge < -0.3 is 14.2 Å². The lowest BCUT2D eigenvalue weighted by Gasteiger charge is -2.35. The summed E-state index contributed by atoms with van der Waals surface area (Å²) < 4.78 is 300. The van der Waals surface area contributed by atoms with Crippen LogP contribution in [0.25, 0.3) is 0 Å². The van der Waals surface area contributed by atoms with E-state index >= 15 is 0 Å². The van der Waals surface area contributed by atoms with Crippen LogP contribution in [0, 0.1) is 5.41 Å². The van der Waals surface area contributed by atoms with Crippen LogP contribution in [0.3, 0.4) is 0 Å². The average Bonchev–Trinajstić information content (AvgIpc) is 2.82. The molecule has 0 aromatic rings. The summed E-state index contributed by atoms with van der Waals surface area (Å²) in [6, 6.07) is 0. The van der Waals surface area contributed by atoms with Gasteiger partial charge in [0.2, 0.25) is 0 Å². The number of methoxy groups -OCH3 is 1. The molecule has 2 unspecified atom stereocenters. The van der Waals surface area contributed by atoms with Gasteiger partial charge in [0.15, 0.2) is 0 Å². The molecule has 0 bridgehead atoms. The van der Waals surface area contributed by atoms with E-state index in [4.69, 9.17) is 0 Å². The van der Waals surface area contributed by atoms with Crippen LogP contribution in [0.4, 0.5) is 96.6 Å². The van der Waals surface area contributed by atoms with Gasteiger partial charge >= 0.3 is 72.4 Å². The highest BCUT2D eigenvalue weighted by molar-refractivity contribution is 5.79. The van der Waals surface area contributed by atoms with Crippen molar-refractivity contribution in [1.82, 2.24) is 0 Å². The van der Waals surface area contributed by atoms with Crippen LogP contribution < -0.4 is 0 Å². The Balaban J connectivity index is 6.35. The predicted molar refractivity (Wildman–Crippen MR) is 95.8 cm³/mol. The highest BCUT2D eigenvalue weighted by atomic mass is 19.4. The molecule has 0 fully saturated rings. The Bertz CT molecular complexity index is 1030. The summed E-state index contributed by atoms with van der Waals surface area (Å²) in [7, 11) is 0.498. The van der Waals surface area contributed by atoms with Gasteiger partial charge in [-0.15, -0.1) is 0 Å². The summed E-state index contributed by atoms with van der Waals surface area (Å²) in [6.07, 6.45) is -44.7. The molecule has 0 aliphatic carbocycles. The number of rotatable bonds is 14. The largest absolute Gasteiger partial charge is 0.462 e. The molecule has 0 aliphatic heterocycles. The van der Waals surface area contributed by atoms with Crippen molar-refractivity contribution in [3.8, 4) is 0 Å². The van der Waals surface area contributed by atoms with Gasteiger partial charge in [0.05, 0.1) is 12.0 Å². The second-order valence-electron chi connectivity index (χ2n) is 8.96. The summed E-state index contributed by atoms with van der Waals surface area (Å²) in [5.41, 5.74) is -2.92. The average molecular weight is 758 g/mol. The number of alkyl halides is 22. The Morgan fingerprint density at radius 1 is 0.447 bits per heavy atom. The van der Waals surface area contributed by atoms with E-state index in [1.807, 2.05) is 9.47 Å². The van der Waals surface area contributed by atoms with Gasteiger partial charge in [-0.2, -0.15) is 96.6 Å². The smallest absolute Gasteiger partial charge is 0.460 e. The number of halogens is 22. The van der Waals surface area contributed by atoms with E-state index in [0.717, 1.165) is 0 Å². The molecule has 0 saturated carbocycles. The number of carbonyl (C=O) groups is 2. The van der Waals surface area contributed by atoms with Crippen LogP contribution in [0.1, 0.15) is 6.92 Å². The molecule has 0 N–H and O–H groups in total. The van der Waals surface area contributed by atoms with Crippen LogP contribution in [0.15, 0.2) is 0 Å². The Morgan fingerprint density at radius 2 is 0.702 bits per heavy atom. The molecule has 29 heteroatoms. The van der Waals surface area contributed by atoms with Crippen LogP contribution >= 0.6 is 0 Å². The lowest BCUT2D eigenvalue weighted by atomic mass is 9.94. The van der Waals surface area contributed by atoms with Gasteiger partial charge in [-0.05, 0) is 0 Å². The number of hydrogen-bond donors (Lipinski definition) is 0. The molecule has 0 heterocycles. The van der Waals surface area contributed by atoms with Gasteiger partial charge in [0, 0.05) is 7.11 Å². The molecule has 0 radical (unpaired) electrons. The fourth-order valence-electron chi connectivity index (χ4n) is 2.38. The second-order valence-corrected chi connectivity index (χ2v) is 8.96. The fourth-order valence-corrected chi connectivity index (χ4v) is 2.38. The van der Waals surface area contributed by atoms with E-state index < -0.39 is 97.7 Å². The summed E-state index contributed by atoms with van der Waals surface area (Å²) in [4.78, 5) is 23.3. The molecule has 280 valence electrons. The van der Waals surface area contributed by atoms with Gasteiger partial charge in [0.25, 0.3) is 0 Å². The predicted octanol–water partition coefficient (Wildman–Crippen LogP) is 6.80. The van der Waals surface area contributed by atoms with Crippen molar-refractivity contribution >= 4 is 11.9 Å². The molecule has 7 nitrogen and oxygen atoms in total. The molecule has 0 amide bonds. The van der Waals surface area contributed by atoms with Crippen LogP contribution in [0.5, 0.6) is 0 Å². The van der Waals surface area contributed by atoms with E-state index in [-0.39, 0.29) is 6.92 Å². The zero-order chi connectivity index (χ0) is 38.3. The van der Waals surface area contributed by atoms with Crippen molar-refractivity contribution < 1.29 is 130 Å². The molecule has 47 heavy (non-hydrogen) atoms. The first kappa shape index (κ1) is 44.3. The van der Waals surface area contributed by atoms with Gasteiger partial charge in [0.1, 0.15) is 13.2 Å². The number of hydrogen-bond acceptors (Lipinski definition) is 7. The lowest BCUT2D eigenvalue weighted by molar-refractivity contribution is -0.475. The first-order chi connectivity index (χ1) is 20.2. The molecular weight excluding hydrogens is 746 g/mol. The summed E-state index contributed by atoms with van der Waals surface area (Å²) in [5.74, 6) is -37.2. The monoisotopic (exact) mass is 758 g/mol.